The van der Waals surface area contributed by atoms with E-state index in [0.29, 0.717) is 0 Å². The second kappa shape index (κ2) is 6.70. The summed E-state index contributed by atoms with van der Waals surface area (Å²) in [6.07, 6.45) is 1.93. The second-order valence-electron chi connectivity index (χ2n) is 4.64. The Morgan fingerprint density at radius 1 is 1.05 bits per heavy atom. The largest absolute Gasteiger partial charge is 0.373 e. The molecule has 2 aromatic heterocycles. The minimum absolute atomic E-state index is 0.814. The monoisotopic (exact) mass is 290 g/mol. The van der Waals surface area contributed by atoms with E-state index in [4.69, 9.17) is 0 Å². The summed E-state index contributed by atoms with van der Waals surface area (Å²) in [4.78, 5) is 11.8. The van der Waals surface area contributed by atoms with Gasteiger partial charge in [0.2, 0.25) is 0 Å². The van der Waals surface area contributed by atoms with Gasteiger partial charge in [0.25, 0.3) is 0 Å². The Hall–Kier alpha value is -1.62. The lowest BCUT2D eigenvalue weighted by Crippen LogP contribution is -2.09. The molecule has 0 aliphatic carbocycles. The van der Waals surface area contributed by atoms with E-state index in [0.717, 1.165) is 42.4 Å². The number of aryl methyl sites for hydroxylation is 2. The third-order valence-electron chi connectivity index (χ3n) is 3.24. The summed E-state index contributed by atoms with van der Waals surface area (Å²) in [5, 5.41) is 6.57. The van der Waals surface area contributed by atoms with Crippen molar-refractivity contribution in [2.24, 2.45) is 0 Å². The molecule has 2 N–H and O–H groups in total. The van der Waals surface area contributed by atoms with E-state index in [1.807, 2.05) is 25.3 Å². The Morgan fingerprint density at radius 2 is 1.75 bits per heavy atom. The molecule has 5 heteroatoms. The molecular formula is C15H22N4S. The van der Waals surface area contributed by atoms with E-state index in [1.54, 1.807) is 0 Å². The third-order valence-corrected chi connectivity index (χ3v) is 4.47. The molecule has 0 spiro atoms. The summed E-state index contributed by atoms with van der Waals surface area (Å²) in [6, 6.07) is 4.39. The van der Waals surface area contributed by atoms with Crippen LogP contribution in [0.5, 0.6) is 0 Å². The number of nitrogens with zero attached hydrogens (tertiary/aromatic N) is 2. The first kappa shape index (κ1) is 14.8. The highest BCUT2D eigenvalue weighted by Gasteiger charge is 2.09. The third kappa shape index (κ3) is 3.28. The van der Waals surface area contributed by atoms with E-state index >= 15 is 0 Å². The highest BCUT2D eigenvalue weighted by Crippen LogP contribution is 2.22. The van der Waals surface area contributed by atoms with Crippen LogP contribution in [-0.2, 0) is 19.4 Å². The van der Waals surface area contributed by atoms with Crippen LogP contribution in [0.3, 0.4) is 0 Å². The molecule has 108 valence electrons. The van der Waals surface area contributed by atoms with E-state index in [9.17, 15) is 0 Å². The van der Waals surface area contributed by atoms with Crippen LogP contribution < -0.4 is 10.6 Å². The fourth-order valence-corrected chi connectivity index (χ4v) is 2.91. The van der Waals surface area contributed by atoms with Crippen molar-refractivity contribution in [1.29, 1.82) is 0 Å². The van der Waals surface area contributed by atoms with Gasteiger partial charge in [-0.25, -0.2) is 9.97 Å². The van der Waals surface area contributed by atoms with Crippen molar-refractivity contribution >= 4 is 23.0 Å². The molecule has 2 rings (SSSR count). The molecule has 2 heterocycles. The van der Waals surface area contributed by atoms with Gasteiger partial charge in [0.1, 0.15) is 17.5 Å². The average Bonchev–Trinajstić information content (AvgIpc) is 2.94. The van der Waals surface area contributed by atoms with E-state index < -0.39 is 0 Å². The molecule has 0 aromatic carbocycles. The highest BCUT2D eigenvalue weighted by molar-refractivity contribution is 7.12. The summed E-state index contributed by atoms with van der Waals surface area (Å²) in [6.45, 7) is 7.11. The zero-order valence-corrected chi connectivity index (χ0v) is 13.4. The average molecular weight is 290 g/mol. The van der Waals surface area contributed by atoms with Gasteiger partial charge in [0.15, 0.2) is 0 Å². The lowest BCUT2D eigenvalue weighted by atomic mass is 10.3. The van der Waals surface area contributed by atoms with E-state index in [-0.39, 0.29) is 0 Å². The molecular weight excluding hydrogens is 268 g/mol. The number of aromatic nitrogens is 2. The molecule has 0 aliphatic rings. The molecule has 4 nitrogen and oxygen atoms in total. The fourth-order valence-electron chi connectivity index (χ4n) is 2.01. The maximum atomic E-state index is 4.58. The number of hydrogen-bond acceptors (Lipinski definition) is 5. The van der Waals surface area contributed by atoms with Crippen LogP contribution >= 0.6 is 11.3 Å². The molecule has 0 atom stereocenters. The lowest BCUT2D eigenvalue weighted by Gasteiger charge is -2.12. The molecule has 0 saturated carbocycles. The molecule has 0 amide bonds. The van der Waals surface area contributed by atoms with E-state index in [1.165, 1.54) is 9.75 Å². The summed E-state index contributed by atoms with van der Waals surface area (Å²) in [5.41, 5.74) is 1.07. The molecule has 20 heavy (non-hydrogen) atoms. The normalized spacial score (nSPS) is 10.6. The van der Waals surface area contributed by atoms with Crippen molar-refractivity contribution in [2.45, 2.75) is 40.2 Å². The number of anilines is 2. The van der Waals surface area contributed by atoms with Crippen molar-refractivity contribution in [3.05, 3.63) is 33.3 Å². The molecule has 0 radical (unpaired) electrons. The van der Waals surface area contributed by atoms with Crippen LogP contribution in [0.1, 0.15) is 35.0 Å². The van der Waals surface area contributed by atoms with Gasteiger partial charge in [-0.1, -0.05) is 13.8 Å². The van der Waals surface area contributed by atoms with Crippen molar-refractivity contribution in [3.8, 4) is 0 Å². The van der Waals surface area contributed by atoms with Crippen LogP contribution in [0.15, 0.2) is 12.1 Å². The van der Waals surface area contributed by atoms with Crippen molar-refractivity contribution in [3.63, 3.8) is 0 Å². The minimum atomic E-state index is 0.814. The fraction of sp³-hybridized carbons (Fsp3) is 0.467. The first-order valence-corrected chi connectivity index (χ1v) is 7.86. The zero-order chi connectivity index (χ0) is 14.5. The van der Waals surface area contributed by atoms with Crippen molar-refractivity contribution in [2.75, 3.05) is 17.7 Å². The van der Waals surface area contributed by atoms with Crippen LogP contribution in [0.4, 0.5) is 11.6 Å². The maximum Gasteiger partial charge on any atom is 0.135 e. The highest BCUT2D eigenvalue weighted by atomic mass is 32.1. The van der Waals surface area contributed by atoms with Gasteiger partial charge in [0.05, 0.1) is 6.54 Å². The lowest BCUT2D eigenvalue weighted by molar-refractivity contribution is 0.926. The number of nitrogens with one attached hydrogen (secondary N) is 2. The van der Waals surface area contributed by atoms with Crippen LogP contribution in [-0.4, -0.2) is 17.0 Å². The maximum absolute atomic E-state index is 4.58. The topological polar surface area (TPSA) is 49.8 Å². The van der Waals surface area contributed by atoms with Gasteiger partial charge in [-0.05, 0) is 25.5 Å². The molecule has 0 saturated heterocycles. The van der Waals surface area contributed by atoms with Gasteiger partial charge >= 0.3 is 0 Å². The summed E-state index contributed by atoms with van der Waals surface area (Å²) in [7, 11) is 1.89. The van der Waals surface area contributed by atoms with Gasteiger partial charge in [-0.3, -0.25) is 0 Å². The summed E-state index contributed by atoms with van der Waals surface area (Å²) in [5.74, 6) is 2.69. The Kier molecular flexibility index (Phi) is 4.95. The standard InChI is InChI=1S/C15H22N4S/c1-5-11-7-8-12(20-11)9-17-15-10(3)14(16-4)18-13(6-2)19-15/h7-8H,5-6,9H2,1-4H3,(H2,16,17,18,19). The Labute approximate surface area is 124 Å². The molecule has 0 fully saturated rings. The molecule has 0 aliphatic heterocycles. The predicted octanol–water partition coefficient (Wildman–Crippen LogP) is 3.63. The first-order valence-electron chi connectivity index (χ1n) is 7.04. The molecule has 0 unspecified atom stereocenters. The summed E-state index contributed by atoms with van der Waals surface area (Å²) < 4.78 is 0. The summed E-state index contributed by atoms with van der Waals surface area (Å²) >= 11 is 1.86. The van der Waals surface area contributed by atoms with Crippen LogP contribution in [0, 0.1) is 6.92 Å². The van der Waals surface area contributed by atoms with Gasteiger partial charge in [-0.2, -0.15) is 0 Å². The Balaban J connectivity index is 2.15. The molecule has 2 aromatic rings. The molecule has 0 bridgehead atoms. The zero-order valence-electron chi connectivity index (χ0n) is 12.6. The second-order valence-corrected chi connectivity index (χ2v) is 5.89. The van der Waals surface area contributed by atoms with E-state index in [2.05, 4.69) is 46.6 Å². The van der Waals surface area contributed by atoms with Crippen molar-refractivity contribution < 1.29 is 0 Å². The smallest absolute Gasteiger partial charge is 0.135 e. The minimum Gasteiger partial charge on any atom is -0.373 e. The predicted molar refractivity (Wildman–Crippen MR) is 86.7 cm³/mol. The van der Waals surface area contributed by atoms with Crippen LogP contribution in [0.25, 0.3) is 0 Å². The first-order chi connectivity index (χ1) is 9.67. The van der Waals surface area contributed by atoms with Gasteiger partial charge < -0.3 is 10.6 Å². The number of rotatable bonds is 6. The quantitative estimate of drug-likeness (QED) is 0.853. The number of thiophene rings is 1. The van der Waals surface area contributed by atoms with Gasteiger partial charge in [0, 0.05) is 28.8 Å². The Bertz CT molecular complexity index is 577. The van der Waals surface area contributed by atoms with Crippen molar-refractivity contribution in [1.82, 2.24) is 9.97 Å². The van der Waals surface area contributed by atoms with Crippen LogP contribution in [0.2, 0.25) is 0 Å². The van der Waals surface area contributed by atoms with Gasteiger partial charge in [-0.15, -0.1) is 11.3 Å². The number of hydrogen-bond donors (Lipinski definition) is 2. The Morgan fingerprint density at radius 3 is 2.35 bits per heavy atom. The SMILES string of the molecule is CCc1nc(NC)c(C)c(NCc2ccc(CC)s2)n1.